The Balaban J connectivity index is 2.11. The molecule has 0 spiro atoms. The van der Waals surface area contributed by atoms with E-state index < -0.39 is 6.43 Å². The molecule has 0 aromatic heterocycles. The largest absolute Gasteiger partial charge is 0.457 e. The lowest BCUT2D eigenvalue weighted by Crippen LogP contribution is -1.86. The smallest absolute Gasteiger partial charge is 0.263 e. The van der Waals surface area contributed by atoms with Gasteiger partial charge < -0.3 is 4.74 Å². The predicted molar refractivity (Wildman–Crippen MR) is 57.9 cm³/mol. The summed E-state index contributed by atoms with van der Waals surface area (Å²) in [5.41, 5.74) is 0.000381. The second kappa shape index (κ2) is 4.75. The minimum Gasteiger partial charge on any atom is -0.457 e. The van der Waals surface area contributed by atoms with Gasteiger partial charge >= 0.3 is 0 Å². The van der Waals surface area contributed by atoms with Crippen LogP contribution in [0.25, 0.3) is 0 Å². The Bertz CT molecular complexity index is 437. The van der Waals surface area contributed by atoms with Crippen LogP contribution >= 0.6 is 0 Å². The molecule has 2 aromatic carbocycles. The minimum atomic E-state index is -2.44. The molecule has 0 bridgehead atoms. The SMILES string of the molecule is FC(F)c1ccc(Oc2ccccc2)cc1. The highest BCUT2D eigenvalue weighted by Crippen LogP contribution is 2.24. The van der Waals surface area contributed by atoms with Crippen molar-refractivity contribution in [1.29, 1.82) is 0 Å². The van der Waals surface area contributed by atoms with E-state index in [1.807, 2.05) is 18.2 Å². The Morgan fingerprint density at radius 1 is 0.750 bits per heavy atom. The van der Waals surface area contributed by atoms with E-state index in [0.717, 1.165) is 0 Å². The fourth-order valence-electron chi connectivity index (χ4n) is 1.31. The van der Waals surface area contributed by atoms with Gasteiger partial charge in [-0.1, -0.05) is 18.2 Å². The normalized spacial score (nSPS) is 10.4. The summed E-state index contributed by atoms with van der Waals surface area (Å²) in [5.74, 6) is 1.24. The summed E-state index contributed by atoms with van der Waals surface area (Å²) in [7, 11) is 0. The van der Waals surface area contributed by atoms with Crippen molar-refractivity contribution >= 4 is 0 Å². The lowest BCUT2D eigenvalue weighted by atomic mass is 10.2. The number of hydrogen-bond acceptors (Lipinski definition) is 1. The molecule has 3 heteroatoms. The molecule has 0 amide bonds. The van der Waals surface area contributed by atoms with Crippen molar-refractivity contribution in [3.05, 3.63) is 60.2 Å². The van der Waals surface area contributed by atoms with Crippen LogP contribution in [0.15, 0.2) is 54.6 Å². The van der Waals surface area contributed by atoms with Crippen molar-refractivity contribution in [2.24, 2.45) is 0 Å². The van der Waals surface area contributed by atoms with Crippen molar-refractivity contribution in [1.82, 2.24) is 0 Å². The molecule has 1 nitrogen and oxygen atoms in total. The molecule has 0 saturated heterocycles. The molecule has 82 valence electrons. The summed E-state index contributed by atoms with van der Waals surface area (Å²) in [6.45, 7) is 0. The van der Waals surface area contributed by atoms with Crippen LogP contribution in [0.1, 0.15) is 12.0 Å². The van der Waals surface area contributed by atoms with E-state index in [4.69, 9.17) is 4.74 Å². The van der Waals surface area contributed by atoms with Gasteiger partial charge in [-0.25, -0.2) is 8.78 Å². The van der Waals surface area contributed by atoms with E-state index in [0.29, 0.717) is 11.5 Å². The van der Waals surface area contributed by atoms with Gasteiger partial charge in [0.1, 0.15) is 11.5 Å². The fraction of sp³-hybridized carbons (Fsp3) is 0.0769. The molecular weight excluding hydrogens is 210 g/mol. The van der Waals surface area contributed by atoms with Gasteiger partial charge in [0.25, 0.3) is 6.43 Å². The van der Waals surface area contributed by atoms with Crippen LogP contribution in [0.3, 0.4) is 0 Å². The predicted octanol–water partition coefficient (Wildman–Crippen LogP) is 4.42. The van der Waals surface area contributed by atoms with Crippen molar-refractivity contribution in [3.8, 4) is 11.5 Å². The average Bonchev–Trinajstić information content (AvgIpc) is 2.31. The third-order valence-corrected chi connectivity index (χ3v) is 2.11. The number of ether oxygens (including phenoxy) is 1. The van der Waals surface area contributed by atoms with Gasteiger partial charge in [-0.05, 0) is 36.4 Å². The number of alkyl halides is 2. The topological polar surface area (TPSA) is 9.23 Å². The highest BCUT2D eigenvalue weighted by atomic mass is 19.3. The maximum absolute atomic E-state index is 12.3. The van der Waals surface area contributed by atoms with E-state index in [9.17, 15) is 8.78 Å². The second-order valence-electron chi connectivity index (χ2n) is 3.28. The molecule has 0 aliphatic rings. The first kappa shape index (κ1) is 10.6. The molecule has 0 atom stereocenters. The van der Waals surface area contributed by atoms with E-state index in [1.165, 1.54) is 24.3 Å². The van der Waals surface area contributed by atoms with Crippen LogP contribution in [0.2, 0.25) is 0 Å². The summed E-state index contributed by atoms with van der Waals surface area (Å²) >= 11 is 0. The molecule has 0 radical (unpaired) electrons. The van der Waals surface area contributed by atoms with Crippen molar-refractivity contribution in [3.63, 3.8) is 0 Å². The van der Waals surface area contributed by atoms with Gasteiger partial charge in [-0.2, -0.15) is 0 Å². The Hall–Kier alpha value is -1.90. The Labute approximate surface area is 92.3 Å². The zero-order valence-electron chi connectivity index (χ0n) is 8.44. The number of benzene rings is 2. The molecule has 0 aliphatic heterocycles. The molecule has 2 aromatic rings. The monoisotopic (exact) mass is 220 g/mol. The second-order valence-corrected chi connectivity index (χ2v) is 3.28. The molecule has 0 fully saturated rings. The fourth-order valence-corrected chi connectivity index (χ4v) is 1.31. The number of rotatable bonds is 3. The summed E-state index contributed by atoms with van der Waals surface area (Å²) < 4.78 is 30.0. The van der Waals surface area contributed by atoms with Crippen LogP contribution in [-0.2, 0) is 0 Å². The molecule has 2 rings (SSSR count). The molecule has 16 heavy (non-hydrogen) atoms. The summed E-state index contributed by atoms with van der Waals surface area (Å²) in [6.07, 6.45) is -2.44. The van der Waals surface area contributed by atoms with Gasteiger partial charge in [0.2, 0.25) is 0 Å². The highest BCUT2D eigenvalue weighted by Gasteiger charge is 2.06. The zero-order valence-corrected chi connectivity index (χ0v) is 8.44. The molecule has 0 heterocycles. The minimum absolute atomic E-state index is 0.000381. The molecule has 0 N–H and O–H groups in total. The first-order valence-electron chi connectivity index (χ1n) is 4.87. The van der Waals surface area contributed by atoms with E-state index in [1.54, 1.807) is 12.1 Å². The summed E-state index contributed by atoms with van der Waals surface area (Å²) in [6, 6.07) is 15.0. The number of para-hydroxylation sites is 1. The van der Waals surface area contributed by atoms with E-state index in [-0.39, 0.29) is 5.56 Å². The van der Waals surface area contributed by atoms with Crippen LogP contribution in [0, 0.1) is 0 Å². The van der Waals surface area contributed by atoms with Crippen molar-refractivity contribution in [2.45, 2.75) is 6.43 Å². The Kier molecular flexibility index (Phi) is 3.15. The molecular formula is C13H10F2O. The lowest BCUT2D eigenvalue weighted by molar-refractivity contribution is 0.151. The van der Waals surface area contributed by atoms with Gasteiger partial charge in [0, 0.05) is 5.56 Å². The van der Waals surface area contributed by atoms with Gasteiger partial charge in [0.05, 0.1) is 0 Å². The van der Waals surface area contributed by atoms with Crippen molar-refractivity contribution in [2.75, 3.05) is 0 Å². The van der Waals surface area contributed by atoms with Gasteiger partial charge in [-0.15, -0.1) is 0 Å². The maximum atomic E-state index is 12.3. The molecule has 0 unspecified atom stereocenters. The van der Waals surface area contributed by atoms with Crippen LogP contribution in [0.5, 0.6) is 11.5 Å². The van der Waals surface area contributed by atoms with Crippen molar-refractivity contribution < 1.29 is 13.5 Å². The van der Waals surface area contributed by atoms with Crippen LogP contribution < -0.4 is 4.74 Å². The first-order valence-corrected chi connectivity index (χ1v) is 4.87. The average molecular weight is 220 g/mol. The standard InChI is InChI=1S/C13H10F2O/c14-13(15)10-6-8-12(9-7-10)16-11-4-2-1-3-5-11/h1-9,13H. The van der Waals surface area contributed by atoms with Gasteiger partial charge in [-0.3, -0.25) is 0 Å². The van der Waals surface area contributed by atoms with E-state index in [2.05, 4.69) is 0 Å². The highest BCUT2D eigenvalue weighted by molar-refractivity contribution is 5.33. The number of halogens is 2. The number of hydrogen-bond donors (Lipinski definition) is 0. The third-order valence-electron chi connectivity index (χ3n) is 2.11. The molecule has 0 saturated carbocycles. The zero-order chi connectivity index (χ0) is 11.4. The van der Waals surface area contributed by atoms with Crippen LogP contribution in [-0.4, -0.2) is 0 Å². The third kappa shape index (κ3) is 2.57. The molecule has 0 aliphatic carbocycles. The Morgan fingerprint density at radius 3 is 1.88 bits per heavy atom. The lowest BCUT2D eigenvalue weighted by Gasteiger charge is -2.06. The Morgan fingerprint density at radius 2 is 1.31 bits per heavy atom. The van der Waals surface area contributed by atoms with Gasteiger partial charge in [0.15, 0.2) is 0 Å². The van der Waals surface area contributed by atoms with E-state index >= 15 is 0 Å². The van der Waals surface area contributed by atoms with Crippen LogP contribution in [0.4, 0.5) is 8.78 Å². The summed E-state index contributed by atoms with van der Waals surface area (Å²) in [4.78, 5) is 0. The summed E-state index contributed by atoms with van der Waals surface area (Å²) in [5, 5.41) is 0. The quantitative estimate of drug-likeness (QED) is 0.744. The maximum Gasteiger partial charge on any atom is 0.263 e. The first-order chi connectivity index (χ1) is 7.75.